The number of amides is 13. The van der Waals surface area contributed by atoms with E-state index in [4.69, 9.17) is 23.2 Å². The van der Waals surface area contributed by atoms with E-state index in [0.717, 1.165) is 51.1 Å². The van der Waals surface area contributed by atoms with Crippen LogP contribution in [0, 0.1) is 0 Å². The molecule has 0 bridgehead atoms. The van der Waals surface area contributed by atoms with Crippen LogP contribution in [0.1, 0.15) is 152 Å². The number of alkyl halides is 2. The standard InChI is InChI=1S/C80H100Cl2N28O13/c1-48(111)87-61-44-107(9)69(94-61)78(121)92-54-38-60(105(7)43-54)76(119)91-53-37-59(104(6)42-53)75(118)90-51-35-56(101(3)40-51)72(115)84-26-13-18-66(113)93-62-45-108(10)70(95-62)79(122)99-64-47-109(11)71(97-64)80(123)98-63-46-106(8)68(96-63)77(120)86-29-23-67(114)88-50-34-58(103(5)39-50)74(117)89-52-36-57(102(4)41-52)73(116)85-28-15-31-100(2)30-14-27-83-65(112)17-12-16-49-19-21-55(22-20-49)110(32-24-81)33-25-82/h19-22,34-47H,12-18,23-33H2,1-11H3,(H,83,112)(H,84,115)(H,85,116)(H,86,120)(H,87,111)(H,88,114)(H,89,117)(H,90,118)(H,91,119)(H,92,121)(H,93,113)(H,98,123)(H,99,122). The molecule has 0 fully saturated rings. The number of benzene rings is 1. The quantitative estimate of drug-likeness (QED) is 0.0164. The fourth-order valence-corrected chi connectivity index (χ4v) is 13.6. The number of nitrogens with one attached hydrogen (secondary N) is 13. The summed E-state index contributed by atoms with van der Waals surface area (Å²) in [7, 11) is 16.3. The molecule has 0 saturated heterocycles. The van der Waals surface area contributed by atoms with E-state index in [1.807, 2.05) is 7.05 Å². The van der Waals surface area contributed by atoms with E-state index in [0.29, 0.717) is 71.8 Å². The number of imidazole rings is 4. The van der Waals surface area contributed by atoms with Gasteiger partial charge in [0.2, 0.25) is 46.9 Å². The van der Waals surface area contributed by atoms with Gasteiger partial charge in [0.15, 0.2) is 23.3 Å². The van der Waals surface area contributed by atoms with Crippen molar-refractivity contribution < 1.29 is 62.3 Å². The molecule has 9 heterocycles. The monoisotopic (exact) mass is 1730 g/mol. The summed E-state index contributed by atoms with van der Waals surface area (Å²) in [4.78, 5) is 191. The van der Waals surface area contributed by atoms with Crippen LogP contribution in [0.25, 0.3) is 0 Å². The fraction of sp³-hybridized carbons (Fsp3) is 0.362. The van der Waals surface area contributed by atoms with Crippen molar-refractivity contribution in [3.05, 3.63) is 168 Å². The van der Waals surface area contributed by atoms with Gasteiger partial charge in [0.05, 0.1) is 28.4 Å². The van der Waals surface area contributed by atoms with Crippen molar-refractivity contribution in [2.45, 2.75) is 58.3 Å². The molecule has 0 atom stereocenters. The number of carbonyl (C=O) groups is 13. The highest BCUT2D eigenvalue weighted by atomic mass is 35.5. The van der Waals surface area contributed by atoms with Crippen LogP contribution in [-0.4, -0.2) is 214 Å². The minimum absolute atomic E-state index is 0.0132. The molecule has 0 aliphatic heterocycles. The Morgan fingerprint density at radius 2 is 0.659 bits per heavy atom. The Morgan fingerprint density at radius 3 is 1.07 bits per heavy atom. The highest BCUT2D eigenvalue weighted by molar-refractivity contribution is 6.19. The van der Waals surface area contributed by atoms with Crippen LogP contribution in [0.2, 0.25) is 0 Å². The van der Waals surface area contributed by atoms with Crippen LogP contribution in [0.4, 0.5) is 57.4 Å². The van der Waals surface area contributed by atoms with Crippen LogP contribution in [0.3, 0.4) is 0 Å². The second-order valence-electron chi connectivity index (χ2n) is 29.2. The van der Waals surface area contributed by atoms with Crippen molar-refractivity contribution in [3.8, 4) is 0 Å². The maximum atomic E-state index is 13.5. The van der Waals surface area contributed by atoms with Crippen molar-refractivity contribution in [1.29, 1.82) is 0 Å². The lowest BCUT2D eigenvalue weighted by molar-refractivity contribution is -0.121. The first-order valence-corrected chi connectivity index (χ1v) is 40.2. The van der Waals surface area contributed by atoms with Crippen molar-refractivity contribution in [1.82, 2.24) is 87.2 Å². The molecule has 0 aliphatic rings. The Labute approximate surface area is 716 Å². The third kappa shape index (κ3) is 25.3. The van der Waals surface area contributed by atoms with Crippen LogP contribution in [0.5, 0.6) is 0 Å². The van der Waals surface area contributed by atoms with Crippen LogP contribution in [0.15, 0.2) is 110 Å². The van der Waals surface area contributed by atoms with Gasteiger partial charge in [0, 0.05) is 202 Å². The van der Waals surface area contributed by atoms with Crippen LogP contribution < -0.4 is 74.0 Å². The van der Waals surface area contributed by atoms with E-state index in [9.17, 15) is 62.3 Å². The lowest BCUT2D eigenvalue weighted by Crippen LogP contribution is -2.31. The maximum absolute atomic E-state index is 13.5. The first kappa shape index (κ1) is 91.2. The number of rotatable bonds is 42. The van der Waals surface area contributed by atoms with Gasteiger partial charge in [-0.05, 0) is 100 Å². The number of halogens is 2. The number of aryl methyl sites for hydroxylation is 10. The van der Waals surface area contributed by atoms with Gasteiger partial charge in [-0.15, -0.1) is 23.2 Å². The van der Waals surface area contributed by atoms with Crippen LogP contribution >= 0.6 is 23.2 Å². The molecule has 43 heteroatoms. The molecule has 652 valence electrons. The molecule has 13 N–H and O–H groups in total. The number of nitrogens with zero attached hydrogens (tertiary/aromatic N) is 15. The molecule has 0 spiro atoms. The predicted molar refractivity (Wildman–Crippen MR) is 463 cm³/mol. The van der Waals surface area contributed by atoms with Gasteiger partial charge in [-0.1, -0.05) is 12.1 Å². The Balaban J connectivity index is 0.581. The normalized spacial score (nSPS) is 11.1. The Bertz CT molecular complexity index is 5570. The van der Waals surface area contributed by atoms with Gasteiger partial charge in [-0.2, -0.15) is 0 Å². The minimum Gasteiger partial charge on any atom is -0.369 e. The summed E-state index contributed by atoms with van der Waals surface area (Å²) in [5.41, 5.74) is 4.93. The van der Waals surface area contributed by atoms with Gasteiger partial charge >= 0.3 is 0 Å². The SMILES string of the molecule is CC(=O)Nc1cn(C)c(C(=O)Nc2cc(C(=O)Nc3cc(C(=O)Nc4cc(C(=O)NCCCC(=O)Nc5cn(C)c(C(=O)Nc6cn(C)c(C(=O)Nc7cn(C)c(C(=O)NCCC(=O)Nc8cc(C(=O)Nc9cc(C(=O)NCCCN(C)CCCNC(=O)CCCc%10ccc(N(CCCl)CCCl)cc%10)n(C)c9)n(C)c8)n7)n6)n5)n(C)c4)n(C)c3)n(C)c2)n1. The molecule has 123 heavy (non-hydrogen) atoms. The molecular weight excluding hydrogens is 1630 g/mol. The molecule has 1 aromatic carbocycles. The largest absolute Gasteiger partial charge is 0.369 e. The lowest BCUT2D eigenvalue weighted by atomic mass is 10.1. The van der Waals surface area contributed by atoms with Gasteiger partial charge in [0.1, 0.15) is 28.5 Å². The molecular formula is C80H100Cl2N28O13. The average Bonchev–Trinajstić information content (AvgIpc) is 1.68. The maximum Gasteiger partial charge on any atom is 0.292 e. The summed E-state index contributed by atoms with van der Waals surface area (Å²) in [6.07, 6.45) is 16.9. The Morgan fingerprint density at radius 1 is 0.325 bits per heavy atom. The zero-order valence-corrected chi connectivity index (χ0v) is 71.4. The van der Waals surface area contributed by atoms with E-state index >= 15 is 0 Å². The van der Waals surface area contributed by atoms with Crippen molar-refractivity contribution in [2.75, 3.05) is 124 Å². The third-order valence-electron chi connectivity index (χ3n) is 19.3. The third-order valence-corrected chi connectivity index (χ3v) is 19.6. The lowest BCUT2D eigenvalue weighted by Gasteiger charge is -2.23. The summed E-state index contributed by atoms with van der Waals surface area (Å²) in [6, 6.07) is 15.8. The molecule has 9 aromatic heterocycles. The number of anilines is 10. The van der Waals surface area contributed by atoms with Crippen molar-refractivity contribution >= 4 is 157 Å². The van der Waals surface area contributed by atoms with Gasteiger partial charge in [-0.25, -0.2) is 19.9 Å². The smallest absolute Gasteiger partial charge is 0.292 e. The predicted octanol–water partition coefficient (Wildman–Crippen LogP) is 5.56. The molecule has 10 aromatic rings. The summed E-state index contributed by atoms with van der Waals surface area (Å²) >= 11 is 11.9. The van der Waals surface area contributed by atoms with Crippen molar-refractivity contribution in [3.63, 3.8) is 0 Å². The number of carbonyl (C=O) groups excluding carboxylic acids is 13. The first-order valence-electron chi connectivity index (χ1n) is 39.2. The topological polar surface area (TPSA) is 481 Å². The van der Waals surface area contributed by atoms with E-state index in [-0.39, 0.29) is 119 Å². The number of aromatic nitrogens is 13. The fourth-order valence-electron chi connectivity index (χ4n) is 13.2. The second-order valence-corrected chi connectivity index (χ2v) is 30.0. The molecule has 0 radical (unpaired) electrons. The van der Waals surface area contributed by atoms with E-state index in [2.05, 4.69) is 123 Å². The molecule has 10 rings (SSSR count). The van der Waals surface area contributed by atoms with Crippen LogP contribution in [-0.2, 0) is 89.0 Å². The first-order chi connectivity index (χ1) is 58.7. The highest BCUT2D eigenvalue weighted by Crippen LogP contribution is 2.25. The number of hydrogen-bond acceptors (Lipinski definition) is 19. The van der Waals surface area contributed by atoms with Gasteiger partial charge < -0.3 is 120 Å². The van der Waals surface area contributed by atoms with Gasteiger partial charge in [0.25, 0.3) is 53.2 Å². The highest BCUT2D eigenvalue weighted by Gasteiger charge is 2.26. The second kappa shape index (κ2) is 42.2. The number of hydrogen-bond donors (Lipinski definition) is 13. The van der Waals surface area contributed by atoms with Crippen molar-refractivity contribution in [2.24, 2.45) is 63.4 Å². The zero-order chi connectivity index (χ0) is 88.9. The summed E-state index contributed by atoms with van der Waals surface area (Å²) in [5.74, 6) is -5.43. The summed E-state index contributed by atoms with van der Waals surface area (Å²) in [6.45, 7) is 5.22. The Hall–Kier alpha value is -14.1. The molecule has 0 unspecified atom stereocenters. The minimum atomic E-state index is -0.743. The van der Waals surface area contributed by atoms with E-state index in [1.54, 1.807) is 77.7 Å². The molecule has 13 amide bonds. The summed E-state index contributed by atoms with van der Waals surface area (Å²) in [5, 5.41) is 35.5. The zero-order valence-electron chi connectivity index (χ0n) is 69.9. The van der Waals surface area contributed by atoms with E-state index in [1.165, 1.54) is 125 Å². The molecule has 41 nitrogen and oxygen atoms in total. The molecule has 0 saturated carbocycles. The Kier molecular flexibility index (Phi) is 31.3. The summed E-state index contributed by atoms with van der Waals surface area (Å²) < 4.78 is 13.2. The van der Waals surface area contributed by atoms with E-state index < -0.39 is 59.1 Å². The van der Waals surface area contributed by atoms with Gasteiger partial charge in [-0.3, -0.25) is 62.3 Å². The molecule has 0 aliphatic carbocycles. The average molecular weight is 1730 g/mol.